The Kier molecular flexibility index (Phi) is 7.75. The van der Waals surface area contributed by atoms with E-state index in [1.165, 1.54) is 7.11 Å². The molecule has 0 radical (unpaired) electrons. The molecule has 2 N–H and O–H groups in total. The number of likely N-dealkylation sites (tertiary alicyclic amines) is 1. The fourth-order valence-corrected chi connectivity index (χ4v) is 3.67. The standard InChI is InChI=1S/C21H31N5O4/c1-3-22-20(24-16-9-13-25(14-10-16)21(28)29-2)23-11-6-12-26-17-7-4-5-8-18(17)30-15-19(26)27/h4-5,7-8,16H,3,6,9-15H2,1-2H3,(H2,22,23,24). The van der Waals surface area contributed by atoms with Crippen LogP contribution < -0.4 is 20.3 Å². The molecule has 0 saturated carbocycles. The van der Waals surface area contributed by atoms with Gasteiger partial charge in [0.15, 0.2) is 12.6 Å². The Morgan fingerprint density at radius 2 is 2.07 bits per heavy atom. The zero-order valence-corrected chi connectivity index (χ0v) is 17.7. The minimum Gasteiger partial charge on any atom is -0.482 e. The van der Waals surface area contributed by atoms with E-state index in [0.717, 1.165) is 43.2 Å². The fourth-order valence-electron chi connectivity index (χ4n) is 3.67. The van der Waals surface area contributed by atoms with Gasteiger partial charge in [-0.2, -0.15) is 0 Å². The SMILES string of the molecule is CCNC(=NCCCN1C(=O)COc2ccccc21)NC1CCN(C(=O)OC)CC1. The van der Waals surface area contributed by atoms with Crippen LogP contribution in [0.5, 0.6) is 5.75 Å². The van der Waals surface area contributed by atoms with Crippen molar-refractivity contribution >= 4 is 23.6 Å². The molecule has 3 rings (SSSR count). The maximum absolute atomic E-state index is 12.3. The Morgan fingerprint density at radius 3 is 2.80 bits per heavy atom. The molecule has 0 spiro atoms. The quantitative estimate of drug-likeness (QED) is 0.415. The molecule has 0 aliphatic carbocycles. The first kappa shape index (κ1) is 21.7. The third kappa shape index (κ3) is 5.55. The van der Waals surface area contributed by atoms with E-state index >= 15 is 0 Å². The molecule has 2 aliphatic rings. The van der Waals surface area contributed by atoms with E-state index in [9.17, 15) is 9.59 Å². The number of anilines is 1. The van der Waals surface area contributed by atoms with Gasteiger partial charge in [-0.05, 0) is 38.3 Å². The summed E-state index contributed by atoms with van der Waals surface area (Å²) in [7, 11) is 1.41. The Hall–Kier alpha value is -2.97. The van der Waals surface area contributed by atoms with Gasteiger partial charge in [-0.15, -0.1) is 0 Å². The molecular formula is C21H31N5O4. The lowest BCUT2D eigenvalue weighted by molar-refractivity contribution is -0.121. The summed E-state index contributed by atoms with van der Waals surface area (Å²) in [6.07, 6.45) is 2.17. The minimum atomic E-state index is -0.270. The van der Waals surface area contributed by atoms with Crippen LogP contribution in [-0.4, -0.2) is 75.3 Å². The number of ether oxygens (including phenoxy) is 2. The second kappa shape index (κ2) is 10.7. The average molecular weight is 418 g/mol. The predicted molar refractivity (Wildman–Crippen MR) is 115 cm³/mol. The van der Waals surface area contributed by atoms with Gasteiger partial charge in [0, 0.05) is 38.8 Å². The van der Waals surface area contributed by atoms with Gasteiger partial charge < -0.3 is 29.9 Å². The van der Waals surface area contributed by atoms with Crippen LogP contribution in [0.25, 0.3) is 0 Å². The average Bonchev–Trinajstić information content (AvgIpc) is 2.78. The highest BCUT2D eigenvalue weighted by atomic mass is 16.5. The number of piperidine rings is 1. The van der Waals surface area contributed by atoms with Gasteiger partial charge in [0.1, 0.15) is 5.75 Å². The van der Waals surface area contributed by atoms with Crippen molar-refractivity contribution in [1.29, 1.82) is 0 Å². The number of benzene rings is 1. The van der Waals surface area contributed by atoms with Crippen molar-refractivity contribution in [1.82, 2.24) is 15.5 Å². The maximum Gasteiger partial charge on any atom is 0.409 e. The smallest absolute Gasteiger partial charge is 0.409 e. The number of hydrogen-bond donors (Lipinski definition) is 2. The highest BCUT2D eigenvalue weighted by molar-refractivity contribution is 5.97. The predicted octanol–water partition coefficient (Wildman–Crippen LogP) is 1.59. The Labute approximate surface area is 177 Å². The van der Waals surface area contributed by atoms with Crippen molar-refractivity contribution in [2.45, 2.75) is 32.2 Å². The molecule has 2 amide bonds. The first-order chi connectivity index (χ1) is 14.6. The lowest BCUT2D eigenvalue weighted by atomic mass is 10.1. The van der Waals surface area contributed by atoms with Crippen molar-refractivity contribution < 1.29 is 19.1 Å². The van der Waals surface area contributed by atoms with Crippen LogP contribution in [0.2, 0.25) is 0 Å². The van der Waals surface area contributed by atoms with Crippen molar-refractivity contribution in [2.75, 3.05) is 51.3 Å². The van der Waals surface area contributed by atoms with E-state index in [1.807, 2.05) is 31.2 Å². The summed E-state index contributed by atoms with van der Waals surface area (Å²) in [6.45, 7) is 5.41. The van der Waals surface area contributed by atoms with Crippen LogP contribution in [0.4, 0.5) is 10.5 Å². The zero-order valence-electron chi connectivity index (χ0n) is 17.7. The summed E-state index contributed by atoms with van der Waals surface area (Å²) in [4.78, 5) is 32.0. The first-order valence-corrected chi connectivity index (χ1v) is 10.5. The van der Waals surface area contributed by atoms with Gasteiger partial charge in [-0.1, -0.05) is 12.1 Å². The Bertz CT molecular complexity index is 762. The van der Waals surface area contributed by atoms with Crippen molar-refractivity contribution in [3.8, 4) is 5.75 Å². The number of methoxy groups -OCH3 is 1. The summed E-state index contributed by atoms with van der Waals surface area (Å²) >= 11 is 0. The first-order valence-electron chi connectivity index (χ1n) is 10.5. The molecule has 164 valence electrons. The molecule has 9 nitrogen and oxygen atoms in total. The summed E-state index contributed by atoms with van der Waals surface area (Å²) < 4.78 is 10.3. The van der Waals surface area contributed by atoms with Crippen molar-refractivity contribution in [3.63, 3.8) is 0 Å². The lowest BCUT2D eigenvalue weighted by Crippen LogP contribution is -2.49. The molecule has 0 bridgehead atoms. The normalized spacial score (nSPS) is 17.3. The van der Waals surface area contributed by atoms with Gasteiger partial charge in [0.2, 0.25) is 0 Å². The lowest BCUT2D eigenvalue weighted by Gasteiger charge is -2.32. The highest BCUT2D eigenvalue weighted by Crippen LogP contribution is 2.31. The van der Waals surface area contributed by atoms with E-state index in [-0.39, 0.29) is 24.6 Å². The minimum absolute atomic E-state index is 0.0277. The molecular weight excluding hydrogens is 386 g/mol. The van der Waals surface area contributed by atoms with Crippen molar-refractivity contribution in [2.24, 2.45) is 4.99 Å². The van der Waals surface area contributed by atoms with Crippen molar-refractivity contribution in [3.05, 3.63) is 24.3 Å². The number of hydrogen-bond acceptors (Lipinski definition) is 5. The molecule has 0 atom stereocenters. The van der Waals surface area contributed by atoms with Gasteiger partial charge in [-0.3, -0.25) is 9.79 Å². The Balaban J connectivity index is 1.49. The highest BCUT2D eigenvalue weighted by Gasteiger charge is 2.25. The van der Waals surface area contributed by atoms with E-state index < -0.39 is 0 Å². The topological polar surface area (TPSA) is 95.5 Å². The van der Waals surface area contributed by atoms with Crippen LogP contribution in [0, 0.1) is 0 Å². The fraction of sp³-hybridized carbons (Fsp3) is 0.571. The Morgan fingerprint density at radius 1 is 1.30 bits per heavy atom. The third-order valence-corrected chi connectivity index (χ3v) is 5.23. The van der Waals surface area contributed by atoms with E-state index in [0.29, 0.717) is 26.2 Å². The van der Waals surface area contributed by atoms with E-state index in [1.54, 1.807) is 9.80 Å². The van der Waals surface area contributed by atoms with Crippen LogP contribution in [0.3, 0.4) is 0 Å². The number of fused-ring (bicyclic) bond motifs is 1. The second-order valence-corrected chi connectivity index (χ2v) is 7.29. The number of carbonyl (C=O) groups is 2. The van der Waals surface area contributed by atoms with Crippen LogP contribution >= 0.6 is 0 Å². The van der Waals surface area contributed by atoms with Crippen LogP contribution in [0.1, 0.15) is 26.2 Å². The van der Waals surface area contributed by atoms with Gasteiger partial charge >= 0.3 is 6.09 Å². The third-order valence-electron chi connectivity index (χ3n) is 5.23. The number of nitrogens with zero attached hydrogens (tertiary/aromatic N) is 3. The molecule has 1 fully saturated rings. The molecule has 1 aromatic carbocycles. The number of rotatable bonds is 6. The molecule has 0 unspecified atom stereocenters. The van der Waals surface area contributed by atoms with E-state index in [4.69, 9.17) is 9.47 Å². The number of guanidine groups is 1. The van der Waals surface area contributed by atoms with Gasteiger partial charge in [-0.25, -0.2) is 4.79 Å². The maximum atomic E-state index is 12.3. The monoisotopic (exact) mass is 417 g/mol. The largest absolute Gasteiger partial charge is 0.482 e. The number of aliphatic imine (C=N–C) groups is 1. The van der Waals surface area contributed by atoms with Crippen LogP contribution in [0.15, 0.2) is 29.3 Å². The van der Waals surface area contributed by atoms with Crippen LogP contribution in [-0.2, 0) is 9.53 Å². The number of carbonyl (C=O) groups excluding carboxylic acids is 2. The molecule has 2 aliphatic heterocycles. The summed E-state index contributed by atoms with van der Waals surface area (Å²) in [6, 6.07) is 7.86. The number of para-hydroxylation sites is 2. The molecule has 1 aromatic rings. The molecule has 30 heavy (non-hydrogen) atoms. The number of amides is 2. The molecule has 0 aromatic heterocycles. The van der Waals surface area contributed by atoms with Gasteiger partial charge in [0.25, 0.3) is 5.91 Å². The van der Waals surface area contributed by atoms with E-state index in [2.05, 4.69) is 15.6 Å². The summed E-state index contributed by atoms with van der Waals surface area (Å²) in [5, 5.41) is 6.73. The zero-order chi connectivity index (χ0) is 21.3. The molecule has 9 heteroatoms. The molecule has 2 heterocycles. The summed E-state index contributed by atoms with van der Waals surface area (Å²) in [5.41, 5.74) is 0.820. The summed E-state index contributed by atoms with van der Waals surface area (Å²) in [5.74, 6) is 1.48. The second-order valence-electron chi connectivity index (χ2n) is 7.29. The molecule has 1 saturated heterocycles. The van der Waals surface area contributed by atoms with Gasteiger partial charge in [0.05, 0.1) is 12.8 Å². The number of nitrogens with one attached hydrogen (secondary N) is 2.